The summed E-state index contributed by atoms with van der Waals surface area (Å²) >= 11 is 0. The molecule has 2 aromatic rings. The molecule has 27 heavy (non-hydrogen) atoms. The SMILES string of the molecule is Cc1ccc(NS(=O)(=O)c2cc(N3CCCCS3(=O)=O)ccc2C)cc1C. The molecule has 0 spiro atoms. The van der Waals surface area contributed by atoms with E-state index in [2.05, 4.69) is 4.72 Å². The molecule has 2 aromatic carbocycles. The van der Waals surface area contributed by atoms with Crippen molar-refractivity contribution >= 4 is 31.4 Å². The lowest BCUT2D eigenvalue weighted by Gasteiger charge is -2.28. The highest BCUT2D eigenvalue weighted by Crippen LogP contribution is 2.29. The van der Waals surface area contributed by atoms with Crippen LogP contribution in [0.1, 0.15) is 29.5 Å². The van der Waals surface area contributed by atoms with Crippen molar-refractivity contribution in [1.82, 2.24) is 0 Å². The third kappa shape index (κ3) is 4.11. The van der Waals surface area contributed by atoms with Crippen LogP contribution in [0.5, 0.6) is 0 Å². The summed E-state index contributed by atoms with van der Waals surface area (Å²) in [5.41, 5.74) is 3.49. The first kappa shape index (κ1) is 19.7. The van der Waals surface area contributed by atoms with Gasteiger partial charge in [0.15, 0.2) is 0 Å². The van der Waals surface area contributed by atoms with Crippen molar-refractivity contribution in [2.45, 2.75) is 38.5 Å². The number of rotatable bonds is 4. The molecule has 0 atom stereocenters. The number of hydrogen-bond donors (Lipinski definition) is 1. The second-order valence-corrected chi connectivity index (χ2v) is 10.6. The summed E-state index contributed by atoms with van der Waals surface area (Å²) in [7, 11) is -7.25. The Hall–Kier alpha value is -2.06. The van der Waals surface area contributed by atoms with Gasteiger partial charge in [0, 0.05) is 12.2 Å². The summed E-state index contributed by atoms with van der Waals surface area (Å²) in [6.45, 7) is 5.94. The highest BCUT2D eigenvalue weighted by Gasteiger charge is 2.28. The second kappa shape index (κ2) is 7.16. The fourth-order valence-corrected chi connectivity index (χ4v) is 6.07. The van der Waals surface area contributed by atoms with Crippen molar-refractivity contribution in [2.75, 3.05) is 21.3 Å². The van der Waals surface area contributed by atoms with Gasteiger partial charge >= 0.3 is 0 Å². The van der Waals surface area contributed by atoms with Gasteiger partial charge in [-0.1, -0.05) is 12.1 Å². The maximum atomic E-state index is 12.9. The van der Waals surface area contributed by atoms with Gasteiger partial charge in [-0.3, -0.25) is 9.03 Å². The number of nitrogens with zero attached hydrogens (tertiary/aromatic N) is 1. The fourth-order valence-electron chi connectivity index (χ4n) is 3.13. The van der Waals surface area contributed by atoms with Crippen molar-refractivity contribution in [3.63, 3.8) is 0 Å². The fraction of sp³-hybridized carbons (Fsp3) is 0.368. The highest BCUT2D eigenvalue weighted by molar-refractivity contribution is 7.93. The Morgan fingerprint density at radius 3 is 2.30 bits per heavy atom. The number of hydrogen-bond acceptors (Lipinski definition) is 4. The standard InChI is InChI=1S/C19H24N2O4S2/c1-14-6-8-17(12-16(14)3)20-27(24,25)19-13-18(9-7-15(19)2)21-10-4-5-11-26(21,22)23/h6-9,12-13,20H,4-5,10-11H2,1-3H3. The molecule has 146 valence electrons. The van der Waals surface area contributed by atoms with Crippen LogP contribution in [0.25, 0.3) is 0 Å². The molecule has 1 aliphatic rings. The van der Waals surface area contributed by atoms with E-state index in [1.807, 2.05) is 19.9 Å². The van der Waals surface area contributed by atoms with Gasteiger partial charge in [-0.15, -0.1) is 0 Å². The van der Waals surface area contributed by atoms with Gasteiger partial charge in [0.2, 0.25) is 10.0 Å². The van der Waals surface area contributed by atoms with Crippen LogP contribution in [-0.4, -0.2) is 29.1 Å². The van der Waals surface area contributed by atoms with E-state index in [-0.39, 0.29) is 10.6 Å². The molecule has 1 fully saturated rings. The van der Waals surface area contributed by atoms with Gasteiger partial charge in [-0.25, -0.2) is 16.8 Å². The summed E-state index contributed by atoms with van der Waals surface area (Å²) in [4.78, 5) is 0.0824. The summed E-state index contributed by atoms with van der Waals surface area (Å²) in [6.07, 6.45) is 1.39. The normalized spacial score (nSPS) is 16.9. The Bertz CT molecular complexity index is 1080. The first-order valence-electron chi connectivity index (χ1n) is 8.81. The smallest absolute Gasteiger partial charge is 0.262 e. The molecular formula is C19H24N2O4S2. The second-order valence-electron chi connectivity index (χ2n) is 6.95. The Labute approximate surface area is 161 Å². The van der Waals surface area contributed by atoms with Crippen LogP contribution < -0.4 is 9.03 Å². The van der Waals surface area contributed by atoms with Crippen LogP contribution in [0.4, 0.5) is 11.4 Å². The molecule has 0 aromatic heterocycles. The third-order valence-corrected chi connectivity index (χ3v) is 8.25. The first-order chi connectivity index (χ1) is 12.6. The van der Waals surface area contributed by atoms with Crippen molar-refractivity contribution in [3.8, 4) is 0 Å². The highest BCUT2D eigenvalue weighted by atomic mass is 32.2. The average Bonchev–Trinajstić information content (AvgIpc) is 2.58. The Balaban J connectivity index is 1.98. The molecule has 0 bridgehead atoms. The van der Waals surface area contributed by atoms with E-state index in [1.165, 1.54) is 10.4 Å². The number of aryl methyl sites for hydroxylation is 3. The minimum Gasteiger partial charge on any atom is -0.280 e. The molecule has 1 aliphatic heterocycles. The Kier molecular flexibility index (Phi) is 5.22. The van der Waals surface area contributed by atoms with Crippen molar-refractivity contribution in [3.05, 3.63) is 53.1 Å². The number of benzene rings is 2. The van der Waals surface area contributed by atoms with Crippen LogP contribution in [0, 0.1) is 20.8 Å². The summed E-state index contributed by atoms with van der Waals surface area (Å²) in [5, 5.41) is 0. The number of anilines is 2. The van der Waals surface area contributed by atoms with Crippen LogP contribution in [0.15, 0.2) is 41.3 Å². The molecule has 1 heterocycles. The summed E-state index contributed by atoms with van der Waals surface area (Å²) in [5.74, 6) is 0.0872. The largest absolute Gasteiger partial charge is 0.280 e. The number of nitrogens with one attached hydrogen (secondary N) is 1. The molecule has 0 saturated carbocycles. The quantitative estimate of drug-likeness (QED) is 0.841. The van der Waals surface area contributed by atoms with Crippen molar-refractivity contribution < 1.29 is 16.8 Å². The molecule has 0 unspecified atom stereocenters. The van der Waals surface area contributed by atoms with E-state index in [1.54, 1.807) is 31.2 Å². The third-order valence-electron chi connectivity index (χ3n) is 4.86. The molecule has 0 aliphatic carbocycles. The molecular weight excluding hydrogens is 384 g/mol. The lowest BCUT2D eigenvalue weighted by molar-refractivity contribution is 0.574. The van der Waals surface area contributed by atoms with Gasteiger partial charge in [-0.05, 0) is 74.6 Å². The maximum Gasteiger partial charge on any atom is 0.262 e. The van der Waals surface area contributed by atoms with Gasteiger partial charge in [0.25, 0.3) is 10.0 Å². The minimum absolute atomic E-state index is 0.0824. The maximum absolute atomic E-state index is 12.9. The molecule has 8 heteroatoms. The van der Waals surface area contributed by atoms with Gasteiger partial charge < -0.3 is 0 Å². The lowest BCUT2D eigenvalue weighted by atomic mass is 10.1. The van der Waals surface area contributed by atoms with Crippen LogP contribution in [0.2, 0.25) is 0 Å². The Morgan fingerprint density at radius 1 is 0.926 bits per heavy atom. The average molecular weight is 409 g/mol. The topological polar surface area (TPSA) is 83.6 Å². The van der Waals surface area contributed by atoms with E-state index >= 15 is 0 Å². The van der Waals surface area contributed by atoms with Crippen molar-refractivity contribution in [1.29, 1.82) is 0 Å². The van der Waals surface area contributed by atoms with E-state index in [0.29, 0.717) is 29.9 Å². The zero-order valence-electron chi connectivity index (χ0n) is 15.7. The van der Waals surface area contributed by atoms with Gasteiger partial charge in [-0.2, -0.15) is 0 Å². The molecule has 3 rings (SSSR count). The van der Waals surface area contributed by atoms with E-state index < -0.39 is 20.0 Å². The van der Waals surface area contributed by atoms with E-state index in [0.717, 1.165) is 17.5 Å². The monoisotopic (exact) mass is 408 g/mol. The zero-order chi connectivity index (χ0) is 19.8. The van der Waals surface area contributed by atoms with E-state index in [9.17, 15) is 16.8 Å². The number of sulfonamides is 2. The van der Waals surface area contributed by atoms with E-state index in [4.69, 9.17) is 0 Å². The predicted octanol–water partition coefficient (Wildman–Crippen LogP) is 3.34. The molecule has 1 saturated heterocycles. The van der Waals surface area contributed by atoms with Crippen LogP contribution in [-0.2, 0) is 20.0 Å². The van der Waals surface area contributed by atoms with Gasteiger partial charge in [0.05, 0.1) is 16.3 Å². The lowest BCUT2D eigenvalue weighted by Crippen LogP contribution is -2.38. The first-order valence-corrected chi connectivity index (χ1v) is 11.9. The molecule has 1 N–H and O–H groups in total. The van der Waals surface area contributed by atoms with Crippen LogP contribution in [0.3, 0.4) is 0 Å². The molecule has 0 amide bonds. The molecule has 6 nitrogen and oxygen atoms in total. The van der Waals surface area contributed by atoms with Crippen molar-refractivity contribution in [2.24, 2.45) is 0 Å². The molecule has 0 radical (unpaired) electrons. The summed E-state index contributed by atoms with van der Waals surface area (Å²) < 4.78 is 54.5. The summed E-state index contributed by atoms with van der Waals surface area (Å²) in [6, 6.07) is 10.1. The Morgan fingerprint density at radius 2 is 1.63 bits per heavy atom. The van der Waals surface area contributed by atoms with Gasteiger partial charge in [0.1, 0.15) is 0 Å². The zero-order valence-corrected chi connectivity index (χ0v) is 17.3. The minimum atomic E-state index is -3.84. The predicted molar refractivity (Wildman–Crippen MR) is 108 cm³/mol. The van der Waals surface area contributed by atoms with Crippen LogP contribution >= 0.6 is 0 Å².